The zero-order valence-electron chi connectivity index (χ0n) is 19.4. The molecule has 0 unspecified atom stereocenters. The Morgan fingerprint density at radius 2 is 1.12 bits per heavy atom. The SMILES string of the molecule is CC(C)N(CCS(=O)(=O)CCOP(=O)(N(CCCl)CCCl)N(CCCl)CCCl)C(C)C.Cl. The normalized spacial score (nSPS) is 13.0. The van der Waals surface area contributed by atoms with Crippen molar-refractivity contribution in [3.63, 3.8) is 0 Å². The highest BCUT2D eigenvalue weighted by molar-refractivity contribution is 7.91. The molecule has 7 nitrogen and oxygen atoms in total. The summed E-state index contributed by atoms with van der Waals surface area (Å²) in [7, 11) is -7.00. The Kier molecular flexibility index (Phi) is 20.8. The predicted octanol–water partition coefficient (Wildman–Crippen LogP) is 4.63. The lowest BCUT2D eigenvalue weighted by Gasteiger charge is -2.37. The van der Waals surface area contributed by atoms with Crippen LogP contribution >= 0.6 is 66.5 Å². The van der Waals surface area contributed by atoms with E-state index in [4.69, 9.17) is 50.9 Å². The molecule has 0 aliphatic rings. The Hall–Kier alpha value is 1.47. The number of rotatable bonds is 19. The van der Waals surface area contributed by atoms with Gasteiger partial charge in [-0.1, -0.05) is 0 Å². The molecule has 0 aromatic rings. The Morgan fingerprint density at radius 3 is 1.44 bits per heavy atom. The van der Waals surface area contributed by atoms with Crippen LogP contribution in [-0.4, -0.2) is 109 Å². The van der Waals surface area contributed by atoms with Crippen LogP contribution in [0.3, 0.4) is 0 Å². The van der Waals surface area contributed by atoms with Crippen LogP contribution in [0.4, 0.5) is 0 Å². The molecule has 0 spiro atoms. The second kappa shape index (κ2) is 18.7. The first-order valence-corrected chi connectivity index (χ1v) is 15.9. The van der Waals surface area contributed by atoms with Gasteiger partial charge in [0.1, 0.15) is 0 Å². The van der Waals surface area contributed by atoms with Crippen LogP contribution in [0, 0.1) is 0 Å². The highest BCUT2D eigenvalue weighted by Gasteiger charge is 2.38. The molecule has 0 aromatic carbocycles. The third-order valence-electron chi connectivity index (χ3n) is 4.73. The van der Waals surface area contributed by atoms with E-state index in [2.05, 4.69) is 4.90 Å². The van der Waals surface area contributed by atoms with Crippen molar-refractivity contribution in [2.45, 2.75) is 39.8 Å². The molecular weight excluding hydrogens is 563 g/mol. The number of hydrogen-bond donors (Lipinski definition) is 0. The van der Waals surface area contributed by atoms with Crippen molar-refractivity contribution in [1.29, 1.82) is 0 Å². The molecule has 0 aliphatic heterocycles. The van der Waals surface area contributed by atoms with E-state index in [1.165, 1.54) is 0 Å². The van der Waals surface area contributed by atoms with E-state index in [0.717, 1.165) is 0 Å². The molecule has 0 aromatic heterocycles. The largest absolute Gasteiger partial charge is 0.346 e. The first-order chi connectivity index (χ1) is 14.5. The van der Waals surface area contributed by atoms with Gasteiger partial charge in [0.15, 0.2) is 9.84 Å². The third kappa shape index (κ3) is 13.0. The molecule has 0 radical (unpaired) electrons. The maximum absolute atomic E-state index is 13.9. The van der Waals surface area contributed by atoms with Crippen LogP contribution in [0.5, 0.6) is 0 Å². The number of alkyl halides is 4. The van der Waals surface area contributed by atoms with E-state index in [1.807, 2.05) is 27.7 Å². The van der Waals surface area contributed by atoms with E-state index in [1.54, 1.807) is 9.34 Å². The van der Waals surface area contributed by atoms with Gasteiger partial charge in [-0.2, -0.15) is 0 Å². The quantitative estimate of drug-likeness (QED) is 0.158. The Labute approximate surface area is 221 Å². The molecule has 0 saturated heterocycles. The first kappa shape index (κ1) is 35.6. The molecule has 0 heterocycles. The van der Waals surface area contributed by atoms with E-state index in [0.29, 0.717) is 6.54 Å². The number of sulfone groups is 1. The zero-order valence-corrected chi connectivity index (χ0v) is 24.9. The molecule has 14 heteroatoms. The minimum Gasteiger partial charge on any atom is -0.305 e. The van der Waals surface area contributed by atoms with Gasteiger partial charge < -0.3 is 4.52 Å². The van der Waals surface area contributed by atoms with Gasteiger partial charge in [0, 0.05) is 68.3 Å². The summed E-state index contributed by atoms with van der Waals surface area (Å²) < 4.78 is 48.0. The summed E-state index contributed by atoms with van der Waals surface area (Å²) in [4.78, 5) is 2.12. The molecule has 196 valence electrons. The van der Waals surface area contributed by atoms with Crippen molar-refractivity contribution in [1.82, 2.24) is 14.2 Å². The average molecular weight is 602 g/mol. The van der Waals surface area contributed by atoms with Gasteiger partial charge >= 0.3 is 7.67 Å². The molecule has 0 fully saturated rings. The molecule has 0 bridgehead atoms. The van der Waals surface area contributed by atoms with Crippen molar-refractivity contribution in [3.05, 3.63) is 0 Å². The fourth-order valence-corrected chi connectivity index (χ4v) is 8.07. The highest BCUT2D eigenvalue weighted by atomic mass is 35.5. The summed E-state index contributed by atoms with van der Waals surface area (Å²) in [5, 5.41) is 0. The summed E-state index contributed by atoms with van der Waals surface area (Å²) in [5.41, 5.74) is 0. The van der Waals surface area contributed by atoms with Gasteiger partial charge in [0.25, 0.3) is 0 Å². The van der Waals surface area contributed by atoms with Gasteiger partial charge in [-0.3, -0.25) is 9.46 Å². The second-order valence-electron chi connectivity index (χ2n) is 7.56. The zero-order chi connectivity index (χ0) is 24.1. The van der Waals surface area contributed by atoms with Crippen molar-refractivity contribution >= 4 is 76.3 Å². The van der Waals surface area contributed by atoms with Crippen molar-refractivity contribution in [2.24, 2.45) is 0 Å². The lowest BCUT2D eigenvalue weighted by Crippen LogP contribution is -2.40. The maximum Gasteiger partial charge on any atom is 0.346 e. The summed E-state index contributed by atoms with van der Waals surface area (Å²) in [6.45, 7) is 9.48. The standard InChI is InChI=1S/C18H38Cl4N3O4PS.ClH/c1-17(2)25(18(3)4)13-15-31(27,28)16-14-29-30(26,23(9-5-19)10-6-20)24(11-7-21)12-8-22;/h17-18H,5-16H2,1-4H3;1H. The van der Waals surface area contributed by atoms with Crippen LogP contribution in [-0.2, 0) is 18.9 Å². The monoisotopic (exact) mass is 599 g/mol. The van der Waals surface area contributed by atoms with Gasteiger partial charge in [-0.15, -0.1) is 58.8 Å². The van der Waals surface area contributed by atoms with Crippen LogP contribution in [0.25, 0.3) is 0 Å². The summed E-state index contributed by atoms with van der Waals surface area (Å²) in [6, 6.07) is 0.483. The van der Waals surface area contributed by atoms with Crippen molar-refractivity contribution in [2.75, 3.05) is 74.4 Å². The number of hydrogen-bond acceptors (Lipinski definition) is 5. The highest BCUT2D eigenvalue weighted by Crippen LogP contribution is 2.54. The molecule has 32 heavy (non-hydrogen) atoms. The third-order valence-corrected chi connectivity index (χ3v) is 9.74. The minimum atomic E-state index is -3.61. The van der Waals surface area contributed by atoms with Crippen LogP contribution in [0.2, 0.25) is 0 Å². The smallest absolute Gasteiger partial charge is 0.305 e. The minimum absolute atomic E-state index is 0. The van der Waals surface area contributed by atoms with E-state index < -0.39 is 17.5 Å². The van der Waals surface area contributed by atoms with Crippen LogP contribution in [0.15, 0.2) is 0 Å². The molecule has 0 rings (SSSR count). The lowest BCUT2D eigenvalue weighted by molar-refractivity contribution is 0.186. The summed E-state index contributed by atoms with van der Waals surface area (Å²) >= 11 is 23.6. The molecule has 0 N–H and O–H groups in total. The predicted molar refractivity (Wildman–Crippen MR) is 142 cm³/mol. The second-order valence-corrected chi connectivity index (χ2v) is 13.8. The Bertz CT molecular complexity index is 592. The Morgan fingerprint density at radius 1 is 0.750 bits per heavy atom. The van der Waals surface area contributed by atoms with Crippen molar-refractivity contribution < 1.29 is 17.5 Å². The average Bonchev–Trinajstić information content (AvgIpc) is 2.66. The summed E-state index contributed by atoms with van der Waals surface area (Å²) in [5.74, 6) is 0.664. The van der Waals surface area contributed by atoms with E-state index >= 15 is 0 Å². The lowest BCUT2D eigenvalue weighted by atomic mass is 10.2. The van der Waals surface area contributed by atoms with Crippen LogP contribution < -0.4 is 0 Å². The van der Waals surface area contributed by atoms with E-state index in [9.17, 15) is 13.0 Å². The molecule has 0 saturated carbocycles. The number of nitrogens with zero attached hydrogens (tertiary/aromatic N) is 3. The number of halogens is 5. The molecule has 0 amide bonds. The Balaban J connectivity index is 0. The summed E-state index contributed by atoms with van der Waals surface area (Å²) in [6.07, 6.45) is 0. The van der Waals surface area contributed by atoms with Gasteiger partial charge in [-0.05, 0) is 27.7 Å². The molecule has 0 aliphatic carbocycles. The fourth-order valence-electron chi connectivity index (χ4n) is 3.20. The van der Waals surface area contributed by atoms with Gasteiger partial charge in [0.2, 0.25) is 0 Å². The van der Waals surface area contributed by atoms with Crippen LogP contribution in [0.1, 0.15) is 27.7 Å². The fraction of sp³-hybridized carbons (Fsp3) is 1.00. The first-order valence-electron chi connectivity index (χ1n) is 10.4. The van der Waals surface area contributed by atoms with E-state index in [-0.39, 0.29) is 92.3 Å². The van der Waals surface area contributed by atoms with Gasteiger partial charge in [0.05, 0.1) is 18.1 Å². The molecule has 0 atom stereocenters. The topological polar surface area (TPSA) is 70.2 Å². The van der Waals surface area contributed by atoms with Gasteiger partial charge in [-0.25, -0.2) is 17.8 Å². The van der Waals surface area contributed by atoms with Crippen molar-refractivity contribution in [3.8, 4) is 0 Å². The molecular formula is C18H39Cl5N3O4PS. The maximum atomic E-state index is 13.9.